The van der Waals surface area contributed by atoms with Gasteiger partial charge in [0, 0.05) is 11.9 Å². The SMILES string of the molecule is Cc1ccc2[nH]nc(C(=O)NCC3(O)CCC3)c2c1. The second kappa shape index (κ2) is 4.35. The Labute approximate surface area is 111 Å². The molecular formula is C14H17N3O2. The minimum absolute atomic E-state index is 0.239. The number of aliphatic hydroxyl groups is 1. The number of aryl methyl sites for hydroxylation is 1. The first-order valence-corrected chi connectivity index (χ1v) is 6.53. The third-order valence-corrected chi connectivity index (χ3v) is 3.80. The van der Waals surface area contributed by atoms with Gasteiger partial charge < -0.3 is 10.4 Å². The first-order chi connectivity index (χ1) is 9.07. The van der Waals surface area contributed by atoms with Crippen LogP contribution >= 0.6 is 0 Å². The van der Waals surface area contributed by atoms with E-state index >= 15 is 0 Å². The van der Waals surface area contributed by atoms with E-state index in [0.29, 0.717) is 12.2 Å². The van der Waals surface area contributed by atoms with Gasteiger partial charge in [0.05, 0.1) is 11.1 Å². The van der Waals surface area contributed by atoms with Crippen molar-refractivity contribution in [2.24, 2.45) is 0 Å². The third-order valence-electron chi connectivity index (χ3n) is 3.80. The standard InChI is InChI=1S/C14H17N3O2/c1-9-3-4-11-10(7-9)12(17-16-11)13(18)15-8-14(19)5-2-6-14/h3-4,7,19H,2,5-6,8H2,1H3,(H,15,18)(H,16,17). The Bertz CT molecular complexity index is 629. The monoisotopic (exact) mass is 259 g/mol. The number of rotatable bonds is 3. The van der Waals surface area contributed by atoms with Crippen molar-refractivity contribution in [3.05, 3.63) is 29.5 Å². The summed E-state index contributed by atoms with van der Waals surface area (Å²) in [6.45, 7) is 2.28. The minimum Gasteiger partial charge on any atom is -0.388 e. The summed E-state index contributed by atoms with van der Waals surface area (Å²) in [4.78, 5) is 12.1. The summed E-state index contributed by atoms with van der Waals surface area (Å²) >= 11 is 0. The van der Waals surface area contributed by atoms with Gasteiger partial charge in [-0.15, -0.1) is 0 Å². The number of aromatic nitrogens is 2. The molecule has 19 heavy (non-hydrogen) atoms. The predicted octanol–water partition coefficient (Wildman–Crippen LogP) is 1.52. The molecule has 1 amide bonds. The van der Waals surface area contributed by atoms with Gasteiger partial charge in [0.1, 0.15) is 0 Å². The summed E-state index contributed by atoms with van der Waals surface area (Å²) in [5.74, 6) is -0.239. The third kappa shape index (κ3) is 2.21. The van der Waals surface area contributed by atoms with E-state index in [1.54, 1.807) is 0 Å². The summed E-state index contributed by atoms with van der Waals surface area (Å²) in [5.41, 5.74) is 1.61. The molecule has 2 aromatic rings. The second-order valence-corrected chi connectivity index (χ2v) is 5.38. The highest BCUT2D eigenvalue weighted by molar-refractivity contribution is 6.04. The molecule has 1 saturated carbocycles. The van der Waals surface area contributed by atoms with Crippen LogP contribution in [0.4, 0.5) is 0 Å². The maximum absolute atomic E-state index is 12.1. The minimum atomic E-state index is -0.711. The van der Waals surface area contributed by atoms with Crippen LogP contribution in [0.5, 0.6) is 0 Å². The fraction of sp³-hybridized carbons (Fsp3) is 0.429. The lowest BCUT2D eigenvalue weighted by Gasteiger charge is -2.36. The molecule has 0 spiro atoms. The van der Waals surface area contributed by atoms with Crippen molar-refractivity contribution in [3.63, 3.8) is 0 Å². The molecule has 0 atom stereocenters. The van der Waals surface area contributed by atoms with Gasteiger partial charge in [0.25, 0.3) is 5.91 Å². The predicted molar refractivity (Wildman–Crippen MR) is 72.0 cm³/mol. The highest BCUT2D eigenvalue weighted by atomic mass is 16.3. The zero-order chi connectivity index (χ0) is 13.5. The van der Waals surface area contributed by atoms with Crippen molar-refractivity contribution < 1.29 is 9.90 Å². The van der Waals surface area contributed by atoms with Crippen LogP contribution in [0.25, 0.3) is 10.9 Å². The molecule has 0 radical (unpaired) electrons. The maximum atomic E-state index is 12.1. The number of carbonyl (C=O) groups is 1. The van der Waals surface area contributed by atoms with E-state index in [-0.39, 0.29) is 5.91 Å². The van der Waals surface area contributed by atoms with Crippen LogP contribution < -0.4 is 5.32 Å². The van der Waals surface area contributed by atoms with E-state index in [1.807, 2.05) is 25.1 Å². The quantitative estimate of drug-likeness (QED) is 0.782. The highest BCUT2D eigenvalue weighted by Gasteiger charge is 2.34. The number of aromatic amines is 1. The Morgan fingerprint density at radius 2 is 2.32 bits per heavy atom. The Morgan fingerprint density at radius 1 is 1.53 bits per heavy atom. The van der Waals surface area contributed by atoms with Crippen molar-refractivity contribution >= 4 is 16.8 Å². The lowest BCUT2D eigenvalue weighted by atomic mass is 9.80. The van der Waals surface area contributed by atoms with Crippen LogP contribution in [0, 0.1) is 6.92 Å². The summed E-state index contributed by atoms with van der Waals surface area (Å²) in [5, 5.41) is 20.5. The average molecular weight is 259 g/mol. The first-order valence-electron chi connectivity index (χ1n) is 6.53. The van der Waals surface area contributed by atoms with Gasteiger partial charge in [0.2, 0.25) is 0 Å². The molecule has 5 heteroatoms. The van der Waals surface area contributed by atoms with E-state index in [1.165, 1.54) is 0 Å². The number of hydrogen-bond donors (Lipinski definition) is 3. The topological polar surface area (TPSA) is 78.0 Å². The van der Waals surface area contributed by atoms with Crippen LogP contribution in [-0.2, 0) is 0 Å². The van der Waals surface area contributed by atoms with Gasteiger partial charge in [-0.05, 0) is 38.3 Å². The van der Waals surface area contributed by atoms with Crippen molar-refractivity contribution in [1.82, 2.24) is 15.5 Å². The van der Waals surface area contributed by atoms with E-state index in [9.17, 15) is 9.90 Å². The number of carbonyl (C=O) groups excluding carboxylic acids is 1. The number of nitrogens with one attached hydrogen (secondary N) is 2. The number of hydrogen-bond acceptors (Lipinski definition) is 3. The van der Waals surface area contributed by atoms with E-state index < -0.39 is 5.60 Å². The van der Waals surface area contributed by atoms with Crippen LogP contribution in [-0.4, -0.2) is 33.4 Å². The summed E-state index contributed by atoms with van der Waals surface area (Å²) in [6, 6.07) is 5.82. The van der Waals surface area contributed by atoms with E-state index in [0.717, 1.165) is 35.7 Å². The molecule has 0 bridgehead atoms. The molecule has 3 rings (SSSR count). The summed E-state index contributed by atoms with van der Waals surface area (Å²) in [7, 11) is 0. The van der Waals surface area contributed by atoms with Gasteiger partial charge in [0.15, 0.2) is 5.69 Å². The van der Waals surface area contributed by atoms with Crippen LogP contribution in [0.2, 0.25) is 0 Å². The fourth-order valence-corrected chi connectivity index (χ4v) is 2.39. The zero-order valence-electron chi connectivity index (χ0n) is 10.9. The van der Waals surface area contributed by atoms with Crippen molar-refractivity contribution in [3.8, 4) is 0 Å². The number of nitrogens with zero attached hydrogens (tertiary/aromatic N) is 1. The Hall–Kier alpha value is -1.88. The number of fused-ring (bicyclic) bond motifs is 1. The molecule has 100 valence electrons. The molecule has 1 aromatic heterocycles. The molecule has 5 nitrogen and oxygen atoms in total. The van der Waals surface area contributed by atoms with Crippen molar-refractivity contribution in [1.29, 1.82) is 0 Å². The van der Waals surface area contributed by atoms with Crippen LogP contribution in [0.1, 0.15) is 35.3 Å². The molecule has 0 aliphatic heterocycles. The fourth-order valence-electron chi connectivity index (χ4n) is 2.39. The molecule has 3 N–H and O–H groups in total. The van der Waals surface area contributed by atoms with Gasteiger partial charge in [-0.2, -0.15) is 5.10 Å². The average Bonchev–Trinajstić information content (AvgIpc) is 2.76. The van der Waals surface area contributed by atoms with Crippen LogP contribution in [0.3, 0.4) is 0 Å². The lowest BCUT2D eigenvalue weighted by Crippen LogP contribution is -2.47. The number of benzene rings is 1. The first kappa shape index (κ1) is 12.2. The molecule has 0 unspecified atom stereocenters. The molecular weight excluding hydrogens is 242 g/mol. The number of amides is 1. The summed E-state index contributed by atoms with van der Waals surface area (Å²) in [6.07, 6.45) is 2.54. The lowest BCUT2D eigenvalue weighted by molar-refractivity contribution is -0.0300. The summed E-state index contributed by atoms with van der Waals surface area (Å²) < 4.78 is 0. The zero-order valence-corrected chi connectivity index (χ0v) is 10.9. The maximum Gasteiger partial charge on any atom is 0.272 e. The highest BCUT2D eigenvalue weighted by Crippen LogP contribution is 2.30. The smallest absolute Gasteiger partial charge is 0.272 e. The van der Waals surface area contributed by atoms with Gasteiger partial charge in [-0.25, -0.2) is 0 Å². The normalized spacial score (nSPS) is 17.2. The van der Waals surface area contributed by atoms with Crippen molar-refractivity contribution in [2.45, 2.75) is 31.8 Å². The molecule has 1 aliphatic carbocycles. The molecule has 1 heterocycles. The molecule has 0 saturated heterocycles. The largest absolute Gasteiger partial charge is 0.388 e. The Morgan fingerprint density at radius 3 is 3.00 bits per heavy atom. The van der Waals surface area contributed by atoms with Gasteiger partial charge in [-0.3, -0.25) is 9.89 Å². The second-order valence-electron chi connectivity index (χ2n) is 5.38. The van der Waals surface area contributed by atoms with Gasteiger partial charge >= 0.3 is 0 Å². The van der Waals surface area contributed by atoms with E-state index in [4.69, 9.17) is 0 Å². The molecule has 1 aromatic carbocycles. The Kier molecular flexibility index (Phi) is 2.78. The van der Waals surface area contributed by atoms with Crippen molar-refractivity contribution in [2.75, 3.05) is 6.54 Å². The molecule has 1 aliphatic rings. The Balaban J connectivity index is 1.79. The molecule has 1 fully saturated rings. The van der Waals surface area contributed by atoms with E-state index in [2.05, 4.69) is 15.5 Å². The number of H-pyrrole nitrogens is 1. The van der Waals surface area contributed by atoms with Gasteiger partial charge in [-0.1, -0.05) is 11.6 Å². The van der Waals surface area contributed by atoms with Crippen LogP contribution in [0.15, 0.2) is 18.2 Å².